The molecule has 0 N–H and O–H groups in total. The van der Waals surface area contributed by atoms with E-state index in [0.717, 1.165) is 5.69 Å². The molecule has 0 amide bonds. The van der Waals surface area contributed by atoms with Gasteiger partial charge in [0, 0.05) is 33.3 Å². The molecule has 1 rings (SSSR count). The van der Waals surface area contributed by atoms with Crippen LogP contribution in [0.2, 0.25) is 0 Å². The van der Waals surface area contributed by atoms with E-state index in [9.17, 15) is 0 Å². The lowest BCUT2D eigenvalue weighted by molar-refractivity contribution is 0.621. The van der Waals surface area contributed by atoms with Crippen LogP contribution in [0.3, 0.4) is 0 Å². The Kier molecular flexibility index (Phi) is 5.12. The standard InChI is InChI=1S/C5H6N2.Cl2O2S/c1-5-2-3-6-4-7-5;1-5(2,3)4/h2-4H,1H3;. The van der Waals surface area contributed by atoms with Gasteiger partial charge in [0.1, 0.15) is 6.33 Å². The molecular weight excluding hydrogens is 223 g/mol. The van der Waals surface area contributed by atoms with Crippen LogP contribution in [0, 0.1) is 6.92 Å². The van der Waals surface area contributed by atoms with Crippen molar-refractivity contribution in [1.29, 1.82) is 0 Å². The highest BCUT2D eigenvalue weighted by Gasteiger charge is 1.88. The van der Waals surface area contributed by atoms with Crippen molar-refractivity contribution in [1.82, 2.24) is 9.97 Å². The van der Waals surface area contributed by atoms with E-state index in [4.69, 9.17) is 8.42 Å². The highest BCUT2D eigenvalue weighted by atomic mass is 36.0. The minimum absolute atomic E-state index is 1.01. The van der Waals surface area contributed by atoms with Crippen LogP contribution < -0.4 is 0 Å². The first-order valence-corrected chi connectivity index (χ1v) is 5.90. The number of hydrogen-bond acceptors (Lipinski definition) is 4. The molecule has 0 bridgehead atoms. The van der Waals surface area contributed by atoms with Crippen molar-refractivity contribution in [3.8, 4) is 0 Å². The molecule has 1 aromatic heterocycles. The maximum atomic E-state index is 9.16. The van der Waals surface area contributed by atoms with Crippen molar-refractivity contribution >= 4 is 29.6 Å². The predicted octanol–water partition coefficient (Wildman–Crippen LogP) is 1.49. The molecule has 0 aliphatic heterocycles. The molecule has 0 radical (unpaired) electrons. The molecule has 0 fully saturated rings. The number of aromatic nitrogens is 2. The summed E-state index contributed by atoms with van der Waals surface area (Å²) in [7, 11) is 4.81. The zero-order chi connectivity index (χ0) is 9.61. The molecule has 0 spiro atoms. The monoisotopic (exact) mass is 228 g/mol. The predicted molar refractivity (Wildman–Crippen MR) is 47.4 cm³/mol. The SMILES string of the molecule is Cc1ccncn1.O=S(=O)(Cl)Cl. The molecule has 0 saturated heterocycles. The van der Waals surface area contributed by atoms with E-state index in [2.05, 4.69) is 31.3 Å². The summed E-state index contributed by atoms with van der Waals surface area (Å²) in [5.74, 6) is 0. The maximum Gasteiger partial charge on any atom is 0.317 e. The van der Waals surface area contributed by atoms with E-state index in [1.54, 1.807) is 6.20 Å². The van der Waals surface area contributed by atoms with E-state index in [0.29, 0.717) is 0 Å². The molecule has 68 valence electrons. The van der Waals surface area contributed by atoms with Gasteiger partial charge >= 0.3 is 8.26 Å². The van der Waals surface area contributed by atoms with Gasteiger partial charge in [-0.25, -0.2) is 9.97 Å². The molecule has 1 heterocycles. The second kappa shape index (κ2) is 5.29. The molecular formula is C5H6Cl2N2O2S. The normalized spacial score (nSPS) is 9.92. The summed E-state index contributed by atoms with van der Waals surface area (Å²) < 4.78 is 18.3. The largest absolute Gasteiger partial charge is 0.317 e. The van der Waals surface area contributed by atoms with Crippen molar-refractivity contribution in [2.45, 2.75) is 6.92 Å². The van der Waals surface area contributed by atoms with Gasteiger partial charge in [-0.1, -0.05) is 0 Å². The summed E-state index contributed by atoms with van der Waals surface area (Å²) in [4.78, 5) is 7.60. The van der Waals surface area contributed by atoms with Crippen LogP contribution >= 0.6 is 21.4 Å². The Balaban J connectivity index is 0.000000217. The molecule has 4 nitrogen and oxygen atoms in total. The Morgan fingerprint density at radius 2 is 1.92 bits per heavy atom. The van der Waals surface area contributed by atoms with Crippen LogP contribution in [-0.2, 0) is 8.26 Å². The molecule has 1 aromatic rings. The van der Waals surface area contributed by atoms with Gasteiger partial charge in [0.25, 0.3) is 0 Å². The third-order valence-electron chi connectivity index (χ3n) is 0.730. The number of aryl methyl sites for hydroxylation is 1. The van der Waals surface area contributed by atoms with Gasteiger partial charge in [0.05, 0.1) is 0 Å². The Hall–Kier alpha value is -0.390. The van der Waals surface area contributed by atoms with E-state index >= 15 is 0 Å². The summed E-state index contributed by atoms with van der Waals surface area (Å²) in [5, 5.41) is 0. The third-order valence-corrected chi connectivity index (χ3v) is 0.730. The van der Waals surface area contributed by atoms with Crippen LogP contribution in [0.4, 0.5) is 0 Å². The average molecular weight is 229 g/mol. The molecule has 0 atom stereocenters. The highest BCUT2D eigenvalue weighted by molar-refractivity contribution is 8.31. The summed E-state index contributed by atoms with van der Waals surface area (Å²) in [6.07, 6.45) is 3.26. The minimum Gasteiger partial charge on any atom is -0.245 e. The Labute approximate surface area is 79.5 Å². The van der Waals surface area contributed by atoms with Gasteiger partial charge in [-0.15, -0.1) is 0 Å². The maximum absolute atomic E-state index is 9.16. The zero-order valence-corrected chi connectivity index (χ0v) is 8.44. The quantitative estimate of drug-likeness (QED) is 0.632. The van der Waals surface area contributed by atoms with Gasteiger partial charge in [-0.2, -0.15) is 8.42 Å². The Morgan fingerprint density at radius 3 is 2.08 bits per heavy atom. The topological polar surface area (TPSA) is 59.9 Å². The lowest BCUT2D eigenvalue weighted by atomic mass is 10.5. The molecule has 0 aliphatic rings. The fourth-order valence-electron chi connectivity index (χ4n) is 0.357. The Morgan fingerprint density at radius 1 is 1.42 bits per heavy atom. The number of rotatable bonds is 0. The average Bonchev–Trinajstić information content (AvgIpc) is 1.85. The second-order valence-electron chi connectivity index (χ2n) is 1.73. The fourth-order valence-corrected chi connectivity index (χ4v) is 0.357. The van der Waals surface area contributed by atoms with E-state index in [1.165, 1.54) is 6.33 Å². The zero-order valence-electron chi connectivity index (χ0n) is 6.11. The van der Waals surface area contributed by atoms with E-state index in [1.807, 2.05) is 13.0 Å². The van der Waals surface area contributed by atoms with Crippen LogP contribution in [0.5, 0.6) is 0 Å². The van der Waals surface area contributed by atoms with Crippen LogP contribution in [0.1, 0.15) is 5.69 Å². The molecule has 0 aromatic carbocycles. The van der Waals surface area contributed by atoms with Gasteiger partial charge in [0.15, 0.2) is 0 Å². The van der Waals surface area contributed by atoms with Crippen LogP contribution in [0.15, 0.2) is 18.6 Å². The Bertz CT molecular complexity index is 305. The number of hydrogen-bond donors (Lipinski definition) is 0. The lowest BCUT2D eigenvalue weighted by Gasteiger charge is -1.81. The van der Waals surface area contributed by atoms with Crippen molar-refractivity contribution in [2.75, 3.05) is 0 Å². The first-order chi connectivity index (χ1) is 5.39. The summed E-state index contributed by atoms with van der Waals surface area (Å²) in [5.41, 5.74) is 1.01. The lowest BCUT2D eigenvalue weighted by Crippen LogP contribution is -1.77. The van der Waals surface area contributed by atoms with Crippen molar-refractivity contribution in [3.63, 3.8) is 0 Å². The van der Waals surface area contributed by atoms with Crippen LogP contribution in [0.25, 0.3) is 0 Å². The van der Waals surface area contributed by atoms with Gasteiger partial charge in [0.2, 0.25) is 0 Å². The van der Waals surface area contributed by atoms with Gasteiger partial charge in [-0.05, 0) is 13.0 Å². The minimum atomic E-state index is -3.72. The summed E-state index contributed by atoms with van der Waals surface area (Å²) >= 11 is 0. The summed E-state index contributed by atoms with van der Waals surface area (Å²) in [6.45, 7) is 1.93. The highest BCUT2D eigenvalue weighted by Crippen LogP contribution is 1.98. The molecule has 0 saturated carbocycles. The summed E-state index contributed by atoms with van der Waals surface area (Å²) in [6, 6.07) is 1.86. The molecule has 7 heteroatoms. The van der Waals surface area contributed by atoms with Gasteiger partial charge < -0.3 is 0 Å². The number of nitrogens with zero attached hydrogens (tertiary/aromatic N) is 2. The number of halogens is 2. The van der Waals surface area contributed by atoms with Gasteiger partial charge in [-0.3, -0.25) is 0 Å². The first-order valence-electron chi connectivity index (χ1n) is 2.76. The van der Waals surface area contributed by atoms with Crippen molar-refractivity contribution < 1.29 is 8.42 Å². The van der Waals surface area contributed by atoms with Crippen LogP contribution in [-0.4, -0.2) is 18.4 Å². The van der Waals surface area contributed by atoms with Crippen molar-refractivity contribution in [3.05, 3.63) is 24.3 Å². The van der Waals surface area contributed by atoms with E-state index < -0.39 is 8.26 Å². The smallest absolute Gasteiger partial charge is 0.245 e. The van der Waals surface area contributed by atoms with Crippen molar-refractivity contribution in [2.24, 2.45) is 0 Å². The molecule has 0 aliphatic carbocycles. The fraction of sp³-hybridized carbons (Fsp3) is 0.200. The van der Waals surface area contributed by atoms with E-state index in [-0.39, 0.29) is 0 Å². The third kappa shape index (κ3) is 12.3. The molecule has 12 heavy (non-hydrogen) atoms. The second-order valence-corrected chi connectivity index (χ2v) is 5.40. The first kappa shape index (κ1) is 11.6. The molecule has 0 unspecified atom stereocenters.